The topological polar surface area (TPSA) is 52.3 Å². The molecule has 1 unspecified atom stereocenters. The highest BCUT2D eigenvalue weighted by molar-refractivity contribution is 5.78. The summed E-state index contributed by atoms with van der Waals surface area (Å²) < 4.78 is 17.6. The normalized spacial score (nSPS) is 12.3. The van der Waals surface area contributed by atoms with Gasteiger partial charge in [-0.3, -0.25) is 4.79 Å². The number of hydrogen-bond donors (Lipinski definition) is 1. The standard InChI is InChI=1S/C11H14FNO2/c1-7-3-4-8(12)5-9(7)10(6-13)11(14)15-2/h3-5,10H,6,13H2,1-2H3. The van der Waals surface area contributed by atoms with Gasteiger partial charge in [0.1, 0.15) is 5.82 Å². The van der Waals surface area contributed by atoms with E-state index < -0.39 is 11.9 Å². The summed E-state index contributed by atoms with van der Waals surface area (Å²) in [5, 5.41) is 0. The van der Waals surface area contributed by atoms with E-state index in [-0.39, 0.29) is 12.4 Å². The molecule has 2 N–H and O–H groups in total. The van der Waals surface area contributed by atoms with Crippen LogP contribution in [0.4, 0.5) is 4.39 Å². The van der Waals surface area contributed by atoms with Crippen LogP contribution in [-0.2, 0) is 9.53 Å². The molecule has 1 atom stereocenters. The Morgan fingerprint density at radius 3 is 2.80 bits per heavy atom. The van der Waals surface area contributed by atoms with E-state index >= 15 is 0 Å². The van der Waals surface area contributed by atoms with E-state index in [1.165, 1.54) is 19.2 Å². The summed E-state index contributed by atoms with van der Waals surface area (Å²) in [5.74, 6) is -1.41. The third kappa shape index (κ3) is 2.53. The Kier molecular flexibility index (Phi) is 3.80. The molecule has 0 amide bonds. The van der Waals surface area contributed by atoms with Gasteiger partial charge in [0.25, 0.3) is 0 Å². The summed E-state index contributed by atoms with van der Waals surface area (Å²) in [7, 11) is 1.29. The fourth-order valence-corrected chi connectivity index (χ4v) is 1.48. The lowest BCUT2D eigenvalue weighted by atomic mass is 9.95. The number of hydrogen-bond acceptors (Lipinski definition) is 3. The van der Waals surface area contributed by atoms with Crippen molar-refractivity contribution in [2.45, 2.75) is 12.8 Å². The summed E-state index contributed by atoms with van der Waals surface area (Å²) in [5.41, 5.74) is 6.90. The first-order chi connectivity index (χ1) is 7.10. The number of nitrogens with two attached hydrogens (primary N) is 1. The number of carbonyl (C=O) groups is 1. The Hall–Kier alpha value is -1.42. The predicted molar refractivity (Wildman–Crippen MR) is 54.9 cm³/mol. The highest BCUT2D eigenvalue weighted by Crippen LogP contribution is 2.21. The molecule has 0 radical (unpaired) electrons. The second-order valence-electron chi connectivity index (χ2n) is 3.31. The van der Waals surface area contributed by atoms with Gasteiger partial charge in [-0.15, -0.1) is 0 Å². The van der Waals surface area contributed by atoms with Crippen LogP contribution in [0.1, 0.15) is 17.0 Å². The van der Waals surface area contributed by atoms with E-state index in [1.54, 1.807) is 13.0 Å². The second-order valence-corrected chi connectivity index (χ2v) is 3.31. The molecule has 1 rings (SSSR count). The third-order valence-electron chi connectivity index (χ3n) is 2.34. The van der Waals surface area contributed by atoms with E-state index in [0.29, 0.717) is 5.56 Å². The number of carbonyl (C=O) groups excluding carboxylic acids is 1. The minimum Gasteiger partial charge on any atom is -0.469 e. The van der Waals surface area contributed by atoms with Gasteiger partial charge in [-0.25, -0.2) is 4.39 Å². The molecule has 0 aliphatic heterocycles. The van der Waals surface area contributed by atoms with Crippen molar-refractivity contribution < 1.29 is 13.9 Å². The van der Waals surface area contributed by atoms with Crippen LogP contribution in [0.2, 0.25) is 0 Å². The van der Waals surface area contributed by atoms with E-state index in [0.717, 1.165) is 5.56 Å². The van der Waals surface area contributed by atoms with Gasteiger partial charge in [0.2, 0.25) is 0 Å². The molecule has 15 heavy (non-hydrogen) atoms. The van der Waals surface area contributed by atoms with Crippen LogP contribution in [0.25, 0.3) is 0 Å². The average Bonchev–Trinajstić information content (AvgIpc) is 2.23. The lowest BCUT2D eigenvalue weighted by molar-refractivity contribution is -0.142. The highest BCUT2D eigenvalue weighted by Gasteiger charge is 2.21. The van der Waals surface area contributed by atoms with Crippen molar-refractivity contribution in [1.82, 2.24) is 0 Å². The van der Waals surface area contributed by atoms with Gasteiger partial charge in [-0.05, 0) is 30.2 Å². The van der Waals surface area contributed by atoms with Crippen LogP contribution in [0.5, 0.6) is 0 Å². The quantitative estimate of drug-likeness (QED) is 0.768. The van der Waals surface area contributed by atoms with Crippen LogP contribution in [0, 0.1) is 12.7 Å². The first-order valence-electron chi connectivity index (χ1n) is 4.64. The summed E-state index contributed by atoms with van der Waals surface area (Å²) >= 11 is 0. The predicted octanol–water partition coefficient (Wildman–Crippen LogP) is 1.35. The molecular weight excluding hydrogens is 197 g/mol. The SMILES string of the molecule is COC(=O)C(CN)c1cc(F)ccc1C. The molecule has 0 spiro atoms. The van der Waals surface area contributed by atoms with E-state index in [4.69, 9.17) is 5.73 Å². The van der Waals surface area contributed by atoms with Crippen molar-refractivity contribution in [3.63, 3.8) is 0 Å². The molecule has 0 saturated carbocycles. The molecule has 0 fully saturated rings. The third-order valence-corrected chi connectivity index (χ3v) is 2.34. The number of esters is 1. The fraction of sp³-hybridized carbons (Fsp3) is 0.364. The first kappa shape index (κ1) is 11.7. The molecule has 1 aromatic carbocycles. The van der Waals surface area contributed by atoms with Crippen LogP contribution in [-0.4, -0.2) is 19.6 Å². The number of aryl methyl sites for hydroxylation is 1. The zero-order valence-electron chi connectivity index (χ0n) is 8.79. The summed E-state index contributed by atoms with van der Waals surface area (Å²) in [6.45, 7) is 1.91. The smallest absolute Gasteiger partial charge is 0.314 e. The molecule has 0 bridgehead atoms. The summed E-state index contributed by atoms with van der Waals surface area (Å²) in [6.07, 6.45) is 0. The molecule has 1 aromatic rings. The number of benzene rings is 1. The van der Waals surface area contributed by atoms with Crippen molar-refractivity contribution >= 4 is 5.97 Å². The van der Waals surface area contributed by atoms with Gasteiger partial charge in [-0.1, -0.05) is 6.07 Å². The Balaban J connectivity index is 3.11. The first-order valence-corrected chi connectivity index (χ1v) is 4.64. The minimum atomic E-state index is -0.592. The van der Waals surface area contributed by atoms with Crippen LogP contribution >= 0.6 is 0 Å². The Morgan fingerprint density at radius 1 is 1.60 bits per heavy atom. The maximum Gasteiger partial charge on any atom is 0.314 e. The van der Waals surface area contributed by atoms with E-state index in [2.05, 4.69) is 4.74 Å². The number of methoxy groups -OCH3 is 1. The van der Waals surface area contributed by atoms with Crippen molar-refractivity contribution in [3.8, 4) is 0 Å². The van der Waals surface area contributed by atoms with Crippen molar-refractivity contribution in [2.24, 2.45) is 5.73 Å². The van der Waals surface area contributed by atoms with Crippen molar-refractivity contribution in [3.05, 3.63) is 35.1 Å². The molecule has 0 aliphatic rings. The molecule has 82 valence electrons. The zero-order valence-corrected chi connectivity index (χ0v) is 8.79. The van der Waals surface area contributed by atoms with Gasteiger partial charge < -0.3 is 10.5 Å². The lowest BCUT2D eigenvalue weighted by Crippen LogP contribution is -2.23. The largest absolute Gasteiger partial charge is 0.469 e. The molecule has 0 saturated heterocycles. The van der Waals surface area contributed by atoms with Gasteiger partial charge in [0.15, 0.2) is 0 Å². The minimum absolute atomic E-state index is 0.108. The van der Waals surface area contributed by atoms with Gasteiger partial charge >= 0.3 is 5.97 Å². The number of rotatable bonds is 3. The molecule has 0 heterocycles. The van der Waals surface area contributed by atoms with Crippen LogP contribution in [0.3, 0.4) is 0 Å². The van der Waals surface area contributed by atoms with Crippen molar-refractivity contribution in [2.75, 3.05) is 13.7 Å². The summed E-state index contributed by atoms with van der Waals surface area (Å²) in [6, 6.07) is 4.30. The molecule has 4 heteroatoms. The molecular formula is C11H14FNO2. The second kappa shape index (κ2) is 4.89. The Bertz CT molecular complexity index is 366. The van der Waals surface area contributed by atoms with Crippen LogP contribution < -0.4 is 5.73 Å². The maximum atomic E-state index is 13.0. The van der Waals surface area contributed by atoms with Crippen LogP contribution in [0.15, 0.2) is 18.2 Å². The molecule has 3 nitrogen and oxygen atoms in total. The van der Waals surface area contributed by atoms with Crippen molar-refractivity contribution in [1.29, 1.82) is 0 Å². The Labute approximate surface area is 88.0 Å². The lowest BCUT2D eigenvalue weighted by Gasteiger charge is -2.15. The molecule has 0 aromatic heterocycles. The van der Waals surface area contributed by atoms with Gasteiger partial charge in [0.05, 0.1) is 13.0 Å². The fourth-order valence-electron chi connectivity index (χ4n) is 1.48. The van der Waals surface area contributed by atoms with Gasteiger partial charge in [0, 0.05) is 6.54 Å². The number of ether oxygens (including phenoxy) is 1. The van der Waals surface area contributed by atoms with E-state index in [9.17, 15) is 9.18 Å². The van der Waals surface area contributed by atoms with E-state index in [1.807, 2.05) is 0 Å². The number of halogens is 1. The molecule has 0 aliphatic carbocycles. The Morgan fingerprint density at radius 2 is 2.27 bits per heavy atom. The monoisotopic (exact) mass is 211 g/mol. The van der Waals surface area contributed by atoms with Gasteiger partial charge in [-0.2, -0.15) is 0 Å². The average molecular weight is 211 g/mol. The zero-order chi connectivity index (χ0) is 11.4. The highest BCUT2D eigenvalue weighted by atomic mass is 19.1. The summed E-state index contributed by atoms with van der Waals surface area (Å²) in [4.78, 5) is 11.4. The maximum absolute atomic E-state index is 13.0.